The normalized spacial score (nSPS) is 11.3. The fourth-order valence-corrected chi connectivity index (χ4v) is 3.02. The molecule has 0 aliphatic carbocycles. The van der Waals surface area contributed by atoms with E-state index in [1.54, 1.807) is 17.7 Å². The monoisotopic (exact) mass is 413 g/mol. The number of carbonyl (C=O) groups excluding carboxylic acids is 1. The maximum absolute atomic E-state index is 14.5. The Balaban J connectivity index is 1.55. The van der Waals surface area contributed by atoms with Crippen LogP contribution >= 0.6 is 0 Å². The van der Waals surface area contributed by atoms with E-state index in [1.807, 2.05) is 18.2 Å². The van der Waals surface area contributed by atoms with Gasteiger partial charge in [-0.1, -0.05) is 12.1 Å². The van der Waals surface area contributed by atoms with Gasteiger partial charge in [-0.3, -0.25) is 10.1 Å². The van der Waals surface area contributed by atoms with Crippen molar-refractivity contribution in [3.63, 3.8) is 0 Å². The Morgan fingerprint density at radius 1 is 1.23 bits per heavy atom. The quantitative estimate of drug-likeness (QED) is 0.380. The van der Waals surface area contributed by atoms with Crippen LogP contribution in [0.5, 0.6) is 0 Å². The predicted molar refractivity (Wildman–Crippen MR) is 108 cm³/mol. The number of nitrogens with zero attached hydrogens (tertiary/aromatic N) is 3. The number of aryl methyl sites for hydroxylation is 1. The van der Waals surface area contributed by atoms with Gasteiger partial charge in [-0.05, 0) is 18.2 Å². The minimum absolute atomic E-state index is 0.0984. The number of ether oxygens (including phenoxy) is 1. The first kappa shape index (κ1) is 19.8. The minimum atomic E-state index is -0.660. The molecule has 10 heteroatoms. The van der Waals surface area contributed by atoms with Crippen LogP contribution in [-0.2, 0) is 11.8 Å². The Morgan fingerprint density at radius 3 is 2.87 bits per heavy atom. The zero-order valence-corrected chi connectivity index (χ0v) is 16.2. The van der Waals surface area contributed by atoms with Crippen LogP contribution in [0.15, 0.2) is 40.8 Å². The number of imidazole rings is 1. The second-order valence-electron chi connectivity index (χ2n) is 6.52. The molecule has 3 N–H and O–H groups in total. The lowest BCUT2D eigenvalue weighted by molar-refractivity contribution is 0.0836. The largest absolute Gasteiger partial charge is 0.423 e. The molecule has 0 aliphatic heterocycles. The summed E-state index contributed by atoms with van der Waals surface area (Å²) in [4.78, 5) is 21.1. The van der Waals surface area contributed by atoms with Crippen molar-refractivity contribution in [3.05, 3.63) is 47.8 Å². The molecule has 0 fully saturated rings. The van der Waals surface area contributed by atoms with E-state index in [0.29, 0.717) is 28.1 Å². The van der Waals surface area contributed by atoms with E-state index in [4.69, 9.17) is 14.3 Å². The smallest absolute Gasteiger partial charge is 0.302 e. The number of rotatable bonds is 8. The predicted octanol–water partition coefficient (Wildman–Crippen LogP) is 2.34. The lowest BCUT2D eigenvalue weighted by Crippen LogP contribution is -2.28. The van der Waals surface area contributed by atoms with Gasteiger partial charge in [0.1, 0.15) is 11.3 Å². The number of hydrogen-bond donors (Lipinski definition) is 3. The van der Waals surface area contributed by atoms with Crippen molar-refractivity contribution in [2.75, 3.05) is 31.7 Å². The highest BCUT2D eigenvalue weighted by Gasteiger charge is 2.18. The number of anilines is 2. The van der Waals surface area contributed by atoms with Gasteiger partial charge in [-0.15, -0.1) is 0 Å². The molecule has 0 radical (unpaired) electrons. The van der Waals surface area contributed by atoms with Gasteiger partial charge in [0.15, 0.2) is 5.58 Å². The van der Waals surface area contributed by atoms with Crippen molar-refractivity contribution in [2.45, 2.75) is 0 Å². The summed E-state index contributed by atoms with van der Waals surface area (Å²) in [7, 11) is 1.72. The van der Waals surface area contributed by atoms with E-state index in [0.717, 1.165) is 0 Å². The van der Waals surface area contributed by atoms with E-state index >= 15 is 0 Å². The number of aliphatic hydroxyl groups is 1. The summed E-state index contributed by atoms with van der Waals surface area (Å²) in [6, 6.07) is 10.3. The van der Waals surface area contributed by atoms with Crippen molar-refractivity contribution in [2.24, 2.45) is 7.05 Å². The number of nitrogens with one attached hydrogen (secondary N) is 2. The van der Waals surface area contributed by atoms with Gasteiger partial charge in [0.25, 0.3) is 5.91 Å². The lowest BCUT2D eigenvalue weighted by atomic mass is 10.1. The van der Waals surface area contributed by atoms with E-state index in [2.05, 4.69) is 20.6 Å². The molecule has 156 valence electrons. The number of aliphatic hydroxyl groups excluding tert-OH is 1. The summed E-state index contributed by atoms with van der Waals surface area (Å²) < 4.78 is 26.9. The van der Waals surface area contributed by atoms with Crippen molar-refractivity contribution >= 4 is 40.0 Å². The van der Waals surface area contributed by atoms with Crippen LogP contribution < -0.4 is 10.6 Å². The fraction of sp³-hybridized carbons (Fsp3) is 0.250. The number of carbonyl (C=O) groups is 1. The number of amides is 1. The Hall–Kier alpha value is -3.50. The molecule has 0 saturated heterocycles. The number of aromatic nitrogens is 3. The van der Waals surface area contributed by atoms with Crippen LogP contribution in [0.2, 0.25) is 0 Å². The second kappa shape index (κ2) is 8.47. The Labute approximate surface area is 170 Å². The first-order chi connectivity index (χ1) is 14.6. The standard InChI is InChI=1S/C20H20FN5O4/c1-26-16-11-13(21)12(18(28)22-6-8-29-9-7-27)10-15(16)23-19(26)25-20-24-14-4-2-3-5-17(14)30-20/h2-5,10-11,27H,6-9H2,1H3,(H,22,28)(H,23,24,25). The summed E-state index contributed by atoms with van der Waals surface area (Å²) >= 11 is 0. The number of oxazole rings is 1. The Kier molecular flexibility index (Phi) is 5.59. The number of hydrogen-bond acceptors (Lipinski definition) is 7. The SMILES string of the molecule is Cn1c(Nc2nc3ccccc3o2)nc2cc(C(=O)NCCOCCO)c(F)cc21. The van der Waals surface area contributed by atoms with Crippen molar-refractivity contribution in [1.29, 1.82) is 0 Å². The Morgan fingerprint density at radius 2 is 2.07 bits per heavy atom. The average molecular weight is 413 g/mol. The second-order valence-corrected chi connectivity index (χ2v) is 6.52. The van der Waals surface area contributed by atoms with Crippen molar-refractivity contribution in [1.82, 2.24) is 19.9 Å². The molecule has 30 heavy (non-hydrogen) atoms. The number of fused-ring (bicyclic) bond motifs is 2. The third-order valence-electron chi connectivity index (χ3n) is 4.49. The molecule has 0 spiro atoms. The first-order valence-electron chi connectivity index (χ1n) is 9.32. The molecule has 4 aromatic rings. The van der Waals surface area contributed by atoms with Gasteiger partial charge < -0.3 is 24.1 Å². The number of benzene rings is 2. The summed E-state index contributed by atoms with van der Waals surface area (Å²) in [5.41, 5.74) is 2.17. The zero-order valence-electron chi connectivity index (χ0n) is 16.2. The molecule has 2 aromatic carbocycles. The minimum Gasteiger partial charge on any atom is -0.423 e. The molecular formula is C20H20FN5O4. The van der Waals surface area contributed by atoms with Crippen LogP contribution in [-0.4, -0.2) is 51.9 Å². The number of halogens is 1. The fourth-order valence-electron chi connectivity index (χ4n) is 3.02. The lowest BCUT2D eigenvalue weighted by Gasteiger charge is -2.07. The average Bonchev–Trinajstić information content (AvgIpc) is 3.28. The molecule has 4 rings (SSSR count). The van der Waals surface area contributed by atoms with Gasteiger partial charge in [0, 0.05) is 19.7 Å². The number of para-hydroxylation sites is 2. The maximum Gasteiger partial charge on any atom is 0.302 e. The topological polar surface area (TPSA) is 114 Å². The summed E-state index contributed by atoms with van der Waals surface area (Å²) in [5.74, 6) is -0.834. The third kappa shape index (κ3) is 3.95. The van der Waals surface area contributed by atoms with E-state index < -0.39 is 11.7 Å². The summed E-state index contributed by atoms with van der Waals surface area (Å²) in [6.45, 7) is 0.500. The van der Waals surface area contributed by atoms with Crippen molar-refractivity contribution in [3.8, 4) is 0 Å². The molecule has 0 bridgehead atoms. The van der Waals surface area contributed by atoms with Crippen LogP contribution in [0.3, 0.4) is 0 Å². The molecule has 0 unspecified atom stereocenters. The maximum atomic E-state index is 14.5. The van der Waals surface area contributed by atoms with Gasteiger partial charge in [-0.25, -0.2) is 9.37 Å². The highest BCUT2D eigenvalue weighted by Crippen LogP contribution is 2.26. The molecule has 0 saturated carbocycles. The van der Waals surface area contributed by atoms with Crippen LogP contribution in [0.4, 0.5) is 16.4 Å². The highest BCUT2D eigenvalue weighted by molar-refractivity contribution is 5.98. The van der Waals surface area contributed by atoms with E-state index in [1.165, 1.54) is 12.1 Å². The zero-order chi connectivity index (χ0) is 21.1. The summed E-state index contributed by atoms with van der Waals surface area (Å²) in [6.07, 6.45) is 0. The van der Waals surface area contributed by atoms with Gasteiger partial charge >= 0.3 is 6.01 Å². The van der Waals surface area contributed by atoms with Gasteiger partial charge in [-0.2, -0.15) is 4.98 Å². The van der Waals surface area contributed by atoms with Crippen LogP contribution in [0, 0.1) is 5.82 Å². The molecule has 1 amide bonds. The first-order valence-corrected chi connectivity index (χ1v) is 9.32. The van der Waals surface area contributed by atoms with E-state index in [9.17, 15) is 9.18 Å². The third-order valence-corrected chi connectivity index (χ3v) is 4.49. The van der Waals surface area contributed by atoms with Gasteiger partial charge in [0.2, 0.25) is 5.95 Å². The molecular weight excluding hydrogens is 393 g/mol. The van der Waals surface area contributed by atoms with Crippen molar-refractivity contribution < 1.29 is 23.4 Å². The molecule has 0 atom stereocenters. The molecule has 2 aromatic heterocycles. The molecule has 0 aliphatic rings. The summed E-state index contributed by atoms with van der Waals surface area (Å²) in [5, 5.41) is 14.2. The van der Waals surface area contributed by atoms with Crippen LogP contribution in [0.1, 0.15) is 10.4 Å². The Bertz CT molecular complexity index is 1170. The van der Waals surface area contributed by atoms with Crippen LogP contribution in [0.25, 0.3) is 22.1 Å². The van der Waals surface area contributed by atoms with Gasteiger partial charge in [0.05, 0.1) is 36.4 Å². The van der Waals surface area contributed by atoms with E-state index in [-0.39, 0.29) is 37.9 Å². The molecule has 9 nitrogen and oxygen atoms in total. The highest BCUT2D eigenvalue weighted by atomic mass is 19.1. The molecule has 2 heterocycles.